The lowest BCUT2D eigenvalue weighted by Crippen LogP contribution is -2.27. The van der Waals surface area contributed by atoms with Gasteiger partial charge in [-0.2, -0.15) is 0 Å². The third-order valence-electron chi connectivity index (χ3n) is 4.37. The number of hydrogen-bond donors (Lipinski definition) is 0. The normalized spacial score (nSPS) is 12.2. The molecule has 1 amide bonds. The zero-order valence-corrected chi connectivity index (χ0v) is 17.9. The summed E-state index contributed by atoms with van der Waals surface area (Å²) in [6.45, 7) is 4.79. The van der Waals surface area contributed by atoms with E-state index in [1.54, 1.807) is 37.2 Å². The summed E-state index contributed by atoms with van der Waals surface area (Å²) >= 11 is 1.34. The zero-order chi connectivity index (χ0) is 21.0. The number of likely N-dealkylation sites (N-methyl/N-ethyl adjacent to an activating group) is 1. The van der Waals surface area contributed by atoms with E-state index in [1.807, 2.05) is 34.9 Å². The van der Waals surface area contributed by atoms with Gasteiger partial charge in [0, 0.05) is 20.6 Å². The van der Waals surface area contributed by atoms with E-state index in [2.05, 4.69) is 24.0 Å². The highest BCUT2D eigenvalue weighted by Crippen LogP contribution is 2.37. The Morgan fingerprint density at radius 2 is 1.72 bits per heavy atom. The summed E-state index contributed by atoms with van der Waals surface area (Å²) < 4.78 is 16.3. The van der Waals surface area contributed by atoms with Gasteiger partial charge in [-0.15, -0.1) is 10.2 Å². The standard InChI is InChI=1S/C22H25FN4OS/c1-15(2)14-27-20(17-12-8-9-13-18(17)23)24-25-22(27)29-19(21(28)26(3)4)16-10-6-5-7-11-16/h5-13,15,19H,14H2,1-4H3/t19-/m0/s1. The van der Waals surface area contributed by atoms with Crippen LogP contribution in [0.4, 0.5) is 4.39 Å². The molecule has 2 aromatic carbocycles. The Hall–Kier alpha value is -2.67. The molecule has 0 unspecified atom stereocenters. The number of carbonyl (C=O) groups excluding carboxylic acids is 1. The summed E-state index contributed by atoms with van der Waals surface area (Å²) in [7, 11) is 3.48. The van der Waals surface area contributed by atoms with Crippen LogP contribution in [0.5, 0.6) is 0 Å². The van der Waals surface area contributed by atoms with Gasteiger partial charge in [-0.05, 0) is 23.6 Å². The molecule has 0 bridgehead atoms. The van der Waals surface area contributed by atoms with Gasteiger partial charge in [0.25, 0.3) is 0 Å². The van der Waals surface area contributed by atoms with Gasteiger partial charge in [-0.1, -0.05) is 68.1 Å². The number of aromatic nitrogens is 3. The second-order valence-corrected chi connectivity index (χ2v) is 8.50. The largest absolute Gasteiger partial charge is 0.348 e. The first-order valence-electron chi connectivity index (χ1n) is 9.49. The Morgan fingerprint density at radius 3 is 2.34 bits per heavy atom. The lowest BCUT2D eigenvalue weighted by Gasteiger charge is -2.21. The Morgan fingerprint density at radius 1 is 1.07 bits per heavy atom. The first-order chi connectivity index (χ1) is 13.9. The van der Waals surface area contributed by atoms with Crippen molar-refractivity contribution in [2.75, 3.05) is 14.1 Å². The highest BCUT2D eigenvalue weighted by molar-refractivity contribution is 8.00. The third-order valence-corrected chi connectivity index (χ3v) is 5.59. The van der Waals surface area contributed by atoms with Crippen molar-refractivity contribution in [1.29, 1.82) is 0 Å². The molecule has 0 aliphatic heterocycles. The topological polar surface area (TPSA) is 51.0 Å². The van der Waals surface area contributed by atoms with Crippen molar-refractivity contribution < 1.29 is 9.18 Å². The fourth-order valence-electron chi connectivity index (χ4n) is 2.98. The van der Waals surface area contributed by atoms with Crippen LogP contribution in [0.25, 0.3) is 11.4 Å². The molecule has 0 aliphatic rings. The van der Waals surface area contributed by atoms with Crippen molar-refractivity contribution >= 4 is 17.7 Å². The second kappa shape index (κ2) is 9.22. The zero-order valence-electron chi connectivity index (χ0n) is 17.0. The van der Waals surface area contributed by atoms with Crippen LogP contribution < -0.4 is 0 Å². The van der Waals surface area contributed by atoms with Crippen LogP contribution in [0.15, 0.2) is 59.8 Å². The molecule has 0 radical (unpaired) electrons. The van der Waals surface area contributed by atoms with E-state index in [4.69, 9.17) is 0 Å². The van der Waals surface area contributed by atoms with E-state index >= 15 is 0 Å². The highest BCUT2D eigenvalue weighted by atomic mass is 32.2. The average molecular weight is 413 g/mol. The minimum atomic E-state index is -0.463. The van der Waals surface area contributed by atoms with Crippen LogP contribution in [0, 0.1) is 11.7 Å². The van der Waals surface area contributed by atoms with Crippen molar-refractivity contribution in [1.82, 2.24) is 19.7 Å². The number of hydrogen-bond acceptors (Lipinski definition) is 4. The quantitative estimate of drug-likeness (QED) is 0.530. The lowest BCUT2D eigenvalue weighted by molar-refractivity contribution is -0.128. The Balaban J connectivity index is 2.05. The molecular weight excluding hydrogens is 387 g/mol. The SMILES string of the molecule is CC(C)Cn1c(S[C@H](C(=O)N(C)C)c2ccccc2)nnc1-c1ccccc1F. The average Bonchev–Trinajstić information content (AvgIpc) is 3.08. The molecule has 0 fully saturated rings. The van der Waals surface area contributed by atoms with Gasteiger partial charge in [-0.25, -0.2) is 4.39 Å². The maximum absolute atomic E-state index is 14.4. The van der Waals surface area contributed by atoms with E-state index < -0.39 is 5.25 Å². The van der Waals surface area contributed by atoms with Crippen LogP contribution >= 0.6 is 11.8 Å². The number of halogens is 1. The molecule has 5 nitrogen and oxygen atoms in total. The first-order valence-corrected chi connectivity index (χ1v) is 10.4. The third kappa shape index (κ3) is 4.85. The summed E-state index contributed by atoms with van der Waals surface area (Å²) in [5.74, 6) is 0.400. The number of carbonyl (C=O) groups is 1. The fraction of sp³-hybridized carbons (Fsp3) is 0.318. The van der Waals surface area contributed by atoms with Crippen molar-refractivity contribution in [2.24, 2.45) is 5.92 Å². The predicted octanol–water partition coefficient (Wildman–Crippen LogP) is 4.66. The van der Waals surface area contributed by atoms with E-state index in [-0.39, 0.29) is 11.7 Å². The molecule has 0 aliphatic carbocycles. The molecule has 0 N–H and O–H groups in total. The van der Waals surface area contributed by atoms with Crippen molar-refractivity contribution in [3.05, 3.63) is 66.0 Å². The molecule has 152 valence electrons. The molecular formula is C22H25FN4OS. The van der Waals surface area contributed by atoms with Crippen molar-refractivity contribution in [3.8, 4) is 11.4 Å². The maximum atomic E-state index is 14.4. The summed E-state index contributed by atoms with van der Waals surface area (Å²) in [5.41, 5.74) is 1.30. The number of rotatable bonds is 7. The molecule has 0 saturated heterocycles. The van der Waals surface area contributed by atoms with Gasteiger partial charge in [0.1, 0.15) is 11.1 Å². The van der Waals surface area contributed by atoms with Gasteiger partial charge in [-0.3, -0.25) is 4.79 Å². The number of thioether (sulfide) groups is 1. The van der Waals surface area contributed by atoms with Gasteiger partial charge in [0.05, 0.1) is 5.56 Å². The number of nitrogens with zero attached hydrogens (tertiary/aromatic N) is 4. The Labute approximate surface area is 175 Å². The first kappa shape index (κ1) is 21.0. The number of amides is 1. The minimum absolute atomic E-state index is 0.0345. The van der Waals surface area contributed by atoms with Crippen molar-refractivity contribution in [2.45, 2.75) is 30.8 Å². The minimum Gasteiger partial charge on any atom is -0.348 e. The van der Waals surface area contributed by atoms with Crippen LogP contribution in [0.1, 0.15) is 24.7 Å². The smallest absolute Gasteiger partial charge is 0.240 e. The van der Waals surface area contributed by atoms with E-state index in [9.17, 15) is 9.18 Å². The molecule has 29 heavy (non-hydrogen) atoms. The van der Waals surface area contributed by atoms with E-state index in [1.165, 1.54) is 17.8 Å². The van der Waals surface area contributed by atoms with Crippen LogP contribution in [-0.2, 0) is 11.3 Å². The summed E-state index contributed by atoms with van der Waals surface area (Å²) in [4.78, 5) is 14.5. The summed E-state index contributed by atoms with van der Waals surface area (Å²) in [6.07, 6.45) is 0. The molecule has 1 heterocycles. The summed E-state index contributed by atoms with van der Waals surface area (Å²) in [6, 6.07) is 16.2. The molecule has 0 saturated carbocycles. The highest BCUT2D eigenvalue weighted by Gasteiger charge is 2.27. The van der Waals surface area contributed by atoms with Gasteiger partial charge in [0.15, 0.2) is 11.0 Å². The Kier molecular flexibility index (Phi) is 6.69. The lowest BCUT2D eigenvalue weighted by atomic mass is 10.1. The monoisotopic (exact) mass is 412 g/mol. The van der Waals surface area contributed by atoms with Crippen LogP contribution in [0.2, 0.25) is 0 Å². The van der Waals surface area contributed by atoms with E-state index in [0.717, 1.165) is 5.56 Å². The molecule has 3 rings (SSSR count). The van der Waals surface area contributed by atoms with E-state index in [0.29, 0.717) is 29.0 Å². The van der Waals surface area contributed by atoms with Gasteiger partial charge < -0.3 is 9.47 Å². The Bertz CT molecular complexity index is 972. The fourth-order valence-corrected chi connectivity index (χ4v) is 4.17. The van der Waals surface area contributed by atoms with Crippen LogP contribution in [0.3, 0.4) is 0 Å². The number of benzene rings is 2. The van der Waals surface area contributed by atoms with Gasteiger partial charge >= 0.3 is 0 Å². The summed E-state index contributed by atoms with van der Waals surface area (Å²) in [5, 5.41) is 8.75. The van der Waals surface area contributed by atoms with Gasteiger partial charge in [0.2, 0.25) is 5.91 Å². The molecule has 7 heteroatoms. The maximum Gasteiger partial charge on any atom is 0.240 e. The molecule has 3 aromatic rings. The molecule has 0 spiro atoms. The molecule has 1 aromatic heterocycles. The van der Waals surface area contributed by atoms with Crippen LogP contribution in [-0.4, -0.2) is 39.7 Å². The second-order valence-electron chi connectivity index (χ2n) is 7.43. The predicted molar refractivity (Wildman–Crippen MR) is 114 cm³/mol. The van der Waals surface area contributed by atoms with Crippen molar-refractivity contribution in [3.63, 3.8) is 0 Å². The molecule has 1 atom stereocenters.